The van der Waals surface area contributed by atoms with Gasteiger partial charge in [-0.1, -0.05) is 31.2 Å². The van der Waals surface area contributed by atoms with Crippen LogP contribution in [0.1, 0.15) is 30.9 Å². The van der Waals surface area contributed by atoms with Crippen LogP contribution in [0.4, 0.5) is 0 Å². The monoisotopic (exact) mass is 203 g/mol. The molecule has 0 aliphatic heterocycles. The summed E-state index contributed by atoms with van der Waals surface area (Å²) in [6.45, 7) is 6.69. The summed E-state index contributed by atoms with van der Waals surface area (Å²) in [5.74, 6) is 0. The van der Waals surface area contributed by atoms with Gasteiger partial charge in [0.2, 0.25) is 0 Å². The van der Waals surface area contributed by atoms with E-state index < -0.39 is 0 Å². The third-order valence-corrected chi connectivity index (χ3v) is 3.53. The zero-order valence-corrected chi connectivity index (χ0v) is 9.84. The summed E-state index contributed by atoms with van der Waals surface area (Å²) in [4.78, 5) is 0. The smallest absolute Gasteiger partial charge is 0.00109 e. The quantitative estimate of drug-likeness (QED) is 0.776. The first-order valence-corrected chi connectivity index (χ1v) is 6.01. The van der Waals surface area contributed by atoms with Crippen molar-refractivity contribution in [3.8, 4) is 0 Å². The second-order valence-electron chi connectivity index (χ2n) is 4.88. The molecule has 1 N–H and O–H groups in total. The first-order chi connectivity index (χ1) is 7.26. The molecule has 1 aromatic rings. The molecule has 1 saturated carbocycles. The van der Waals surface area contributed by atoms with Crippen LogP contribution >= 0.6 is 0 Å². The molecule has 2 rings (SSSR count). The molecule has 0 atom stereocenters. The van der Waals surface area contributed by atoms with Crippen LogP contribution in [0, 0.1) is 12.3 Å². The number of hydrogen-bond acceptors (Lipinski definition) is 1. The van der Waals surface area contributed by atoms with Gasteiger partial charge in [0.05, 0.1) is 0 Å². The minimum atomic E-state index is 0.585. The average molecular weight is 203 g/mol. The van der Waals surface area contributed by atoms with Crippen LogP contribution in [0.15, 0.2) is 24.3 Å². The second kappa shape index (κ2) is 4.36. The number of hydrogen-bond donors (Lipinski definition) is 1. The van der Waals surface area contributed by atoms with E-state index in [9.17, 15) is 0 Å². The molecule has 1 heteroatoms. The van der Waals surface area contributed by atoms with Gasteiger partial charge in [-0.25, -0.2) is 0 Å². The average Bonchev–Trinajstić information content (AvgIpc) is 3.00. The van der Waals surface area contributed by atoms with Crippen molar-refractivity contribution in [2.45, 2.75) is 33.1 Å². The summed E-state index contributed by atoms with van der Waals surface area (Å²) in [6, 6.07) is 8.79. The van der Waals surface area contributed by atoms with Crippen molar-refractivity contribution in [3.05, 3.63) is 35.4 Å². The van der Waals surface area contributed by atoms with E-state index in [1.165, 1.54) is 36.9 Å². The van der Waals surface area contributed by atoms with Gasteiger partial charge in [0.15, 0.2) is 0 Å². The lowest BCUT2D eigenvalue weighted by atomic mass is 9.93. The molecule has 15 heavy (non-hydrogen) atoms. The lowest BCUT2D eigenvalue weighted by Crippen LogP contribution is -2.25. The lowest BCUT2D eigenvalue weighted by molar-refractivity contribution is 0.462. The Morgan fingerprint density at radius 1 is 1.27 bits per heavy atom. The van der Waals surface area contributed by atoms with Crippen LogP contribution in [0.2, 0.25) is 0 Å². The molecule has 1 fully saturated rings. The highest BCUT2D eigenvalue weighted by Crippen LogP contribution is 2.48. The maximum atomic E-state index is 3.49. The molecule has 0 bridgehead atoms. The Hall–Kier alpha value is -0.820. The van der Waals surface area contributed by atoms with Gasteiger partial charge < -0.3 is 5.32 Å². The van der Waals surface area contributed by atoms with Crippen molar-refractivity contribution in [2.24, 2.45) is 5.41 Å². The second-order valence-corrected chi connectivity index (χ2v) is 4.88. The van der Waals surface area contributed by atoms with Crippen LogP contribution in [0.3, 0.4) is 0 Å². The maximum Gasteiger partial charge on any atom is 0.00109 e. The molecule has 0 spiro atoms. The van der Waals surface area contributed by atoms with Gasteiger partial charge in [0, 0.05) is 6.54 Å². The van der Waals surface area contributed by atoms with E-state index in [0.717, 1.165) is 6.54 Å². The zero-order valence-electron chi connectivity index (χ0n) is 9.84. The van der Waals surface area contributed by atoms with E-state index in [4.69, 9.17) is 0 Å². The number of aryl methyl sites for hydroxylation is 1. The van der Waals surface area contributed by atoms with Crippen molar-refractivity contribution in [1.82, 2.24) is 5.32 Å². The Morgan fingerprint density at radius 3 is 2.60 bits per heavy atom. The van der Waals surface area contributed by atoms with Crippen LogP contribution in [-0.2, 0) is 6.42 Å². The van der Waals surface area contributed by atoms with E-state index in [-0.39, 0.29) is 0 Å². The Labute approximate surface area is 92.9 Å². The summed E-state index contributed by atoms with van der Waals surface area (Å²) in [7, 11) is 0. The van der Waals surface area contributed by atoms with Crippen LogP contribution in [-0.4, -0.2) is 13.1 Å². The molecule has 0 unspecified atom stereocenters. The molecule has 0 radical (unpaired) electrons. The Kier molecular flexibility index (Phi) is 3.11. The molecule has 1 aliphatic rings. The van der Waals surface area contributed by atoms with E-state index in [2.05, 4.69) is 43.4 Å². The first-order valence-electron chi connectivity index (χ1n) is 6.01. The summed E-state index contributed by atoms with van der Waals surface area (Å²) < 4.78 is 0. The van der Waals surface area contributed by atoms with Gasteiger partial charge in [-0.3, -0.25) is 0 Å². The van der Waals surface area contributed by atoms with Gasteiger partial charge in [0.1, 0.15) is 0 Å². The fourth-order valence-corrected chi connectivity index (χ4v) is 2.20. The molecule has 1 aliphatic carbocycles. The Morgan fingerprint density at radius 2 is 2.00 bits per heavy atom. The summed E-state index contributed by atoms with van der Waals surface area (Å²) in [5.41, 5.74) is 3.57. The topological polar surface area (TPSA) is 12.0 Å². The highest BCUT2D eigenvalue weighted by molar-refractivity contribution is 5.28. The molecule has 82 valence electrons. The van der Waals surface area contributed by atoms with Crippen molar-refractivity contribution in [3.63, 3.8) is 0 Å². The summed E-state index contributed by atoms with van der Waals surface area (Å²) in [5, 5.41) is 3.49. The van der Waals surface area contributed by atoms with Gasteiger partial charge in [-0.05, 0) is 49.3 Å². The Balaban J connectivity index is 1.99. The summed E-state index contributed by atoms with van der Waals surface area (Å²) >= 11 is 0. The minimum absolute atomic E-state index is 0.585. The zero-order chi connectivity index (χ0) is 10.7. The van der Waals surface area contributed by atoms with Gasteiger partial charge in [-0.15, -0.1) is 0 Å². The van der Waals surface area contributed by atoms with Crippen LogP contribution in [0.5, 0.6) is 0 Å². The number of nitrogens with one attached hydrogen (secondary N) is 1. The van der Waals surface area contributed by atoms with Gasteiger partial charge >= 0.3 is 0 Å². The predicted molar refractivity (Wildman–Crippen MR) is 65.1 cm³/mol. The molecule has 1 aromatic carbocycles. The van der Waals surface area contributed by atoms with Crippen molar-refractivity contribution >= 4 is 0 Å². The van der Waals surface area contributed by atoms with E-state index in [1.54, 1.807) is 0 Å². The number of rotatable bonds is 5. The highest BCUT2D eigenvalue weighted by Gasteiger charge is 2.41. The Bertz CT molecular complexity index is 326. The number of benzene rings is 1. The molecule has 0 heterocycles. The highest BCUT2D eigenvalue weighted by atomic mass is 14.9. The fraction of sp³-hybridized carbons (Fsp3) is 0.571. The van der Waals surface area contributed by atoms with Crippen LogP contribution in [0.25, 0.3) is 0 Å². The molecular weight excluding hydrogens is 182 g/mol. The third-order valence-electron chi connectivity index (χ3n) is 3.53. The molecule has 0 amide bonds. The molecular formula is C14H21N. The molecule has 1 nitrogen and oxygen atoms in total. The van der Waals surface area contributed by atoms with Crippen molar-refractivity contribution in [1.29, 1.82) is 0 Å². The molecule has 0 saturated heterocycles. The van der Waals surface area contributed by atoms with E-state index >= 15 is 0 Å². The molecule has 0 aromatic heterocycles. The van der Waals surface area contributed by atoms with Crippen LogP contribution < -0.4 is 5.32 Å². The van der Waals surface area contributed by atoms with E-state index in [0.29, 0.717) is 5.41 Å². The van der Waals surface area contributed by atoms with Crippen molar-refractivity contribution < 1.29 is 0 Å². The largest absolute Gasteiger partial charge is 0.316 e. The SMILES string of the molecule is CCNCC1(Cc2ccccc2C)CC1. The van der Waals surface area contributed by atoms with Crippen molar-refractivity contribution in [2.75, 3.05) is 13.1 Å². The van der Waals surface area contributed by atoms with Gasteiger partial charge in [0.25, 0.3) is 0 Å². The lowest BCUT2D eigenvalue weighted by Gasteiger charge is -2.16. The van der Waals surface area contributed by atoms with E-state index in [1.807, 2.05) is 0 Å². The summed E-state index contributed by atoms with van der Waals surface area (Å²) in [6.07, 6.45) is 4.05. The standard InChI is InChI=1S/C14H21N/c1-3-15-11-14(8-9-14)10-13-7-5-4-6-12(13)2/h4-7,15H,3,8-11H2,1-2H3. The third kappa shape index (κ3) is 2.60. The minimum Gasteiger partial charge on any atom is -0.316 e. The predicted octanol–water partition coefficient (Wildman–Crippen LogP) is 2.93. The normalized spacial score (nSPS) is 17.7. The fourth-order valence-electron chi connectivity index (χ4n) is 2.20. The first kappa shape index (κ1) is 10.7. The maximum absolute atomic E-state index is 3.49. The van der Waals surface area contributed by atoms with Gasteiger partial charge in [-0.2, -0.15) is 0 Å².